The normalized spacial score (nSPS) is 13.6. The van der Waals surface area contributed by atoms with Gasteiger partial charge in [0.15, 0.2) is 0 Å². The lowest BCUT2D eigenvalue weighted by Crippen LogP contribution is -2.37. The van der Waals surface area contributed by atoms with Crippen LogP contribution >= 0.6 is 11.6 Å². The molecule has 0 spiro atoms. The molecule has 0 aromatic heterocycles. The highest BCUT2D eigenvalue weighted by Gasteiger charge is 2.19. The van der Waals surface area contributed by atoms with Crippen LogP contribution in [0.25, 0.3) is 5.57 Å². The lowest BCUT2D eigenvalue weighted by Gasteiger charge is -2.20. The molecular weight excluding hydrogens is 470 g/mol. The van der Waals surface area contributed by atoms with E-state index in [2.05, 4.69) is 41.0 Å². The third-order valence-corrected chi connectivity index (χ3v) is 6.57. The molecule has 1 fully saturated rings. The van der Waals surface area contributed by atoms with Crippen LogP contribution in [0.3, 0.4) is 0 Å². The zero-order chi connectivity index (χ0) is 25.2. The van der Waals surface area contributed by atoms with Crippen LogP contribution in [0.2, 0.25) is 5.02 Å². The fourth-order valence-electron chi connectivity index (χ4n) is 4.46. The molecule has 1 aliphatic rings. The SMILES string of the molecule is O=C(Nc1ccc(Cl)cc1)NC(C=C(c1ccccc1)c1ccccc1)CCCC(=O)N1CCCC1. The minimum Gasteiger partial charge on any atom is -0.343 e. The summed E-state index contributed by atoms with van der Waals surface area (Å²) in [6, 6.07) is 26.7. The highest BCUT2D eigenvalue weighted by molar-refractivity contribution is 6.30. The van der Waals surface area contributed by atoms with E-state index in [0.29, 0.717) is 30.0 Å². The summed E-state index contributed by atoms with van der Waals surface area (Å²) in [4.78, 5) is 27.4. The molecule has 6 heteroatoms. The van der Waals surface area contributed by atoms with Gasteiger partial charge in [0.25, 0.3) is 0 Å². The highest BCUT2D eigenvalue weighted by atomic mass is 35.5. The van der Waals surface area contributed by atoms with Crippen LogP contribution in [0.4, 0.5) is 10.5 Å². The molecule has 186 valence electrons. The number of hydrogen-bond acceptors (Lipinski definition) is 2. The van der Waals surface area contributed by atoms with Gasteiger partial charge in [-0.25, -0.2) is 4.79 Å². The van der Waals surface area contributed by atoms with Gasteiger partial charge in [-0.1, -0.05) is 78.3 Å². The van der Waals surface area contributed by atoms with E-state index >= 15 is 0 Å². The molecule has 2 N–H and O–H groups in total. The van der Waals surface area contributed by atoms with Gasteiger partial charge in [0.1, 0.15) is 0 Å². The Hall–Kier alpha value is -3.57. The lowest BCUT2D eigenvalue weighted by atomic mass is 9.94. The molecule has 3 aromatic rings. The van der Waals surface area contributed by atoms with E-state index in [-0.39, 0.29) is 18.0 Å². The van der Waals surface area contributed by atoms with Crippen molar-refractivity contribution in [2.45, 2.75) is 38.1 Å². The van der Waals surface area contributed by atoms with Gasteiger partial charge in [-0.2, -0.15) is 0 Å². The monoisotopic (exact) mass is 501 g/mol. The van der Waals surface area contributed by atoms with Crippen molar-refractivity contribution in [3.05, 3.63) is 107 Å². The number of carbonyl (C=O) groups excluding carboxylic acids is 2. The summed E-state index contributed by atoms with van der Waals surface area (Å²) < 4.78 is 0. The second kappa shape index (κ2) is 12.9. The van der Waals surface area contributed by atoms with E-state index in [1.54, 1.807) is 24.3 Å². The Morgan fingerprint density at radius 1 is 0.861 bits per heavy atom. The number of nitrogens with zero attached hydrogens (tertiary/aromatic N) is 1. The van der Waals surface area contributed by atoms with Crippen molar-refractivity contribution >= 4 is 34.8 Å². The average Bonchev–Trinajstić information content (AvgIpc) is 3.45. The zero-order valence-corrected chi connectivity index (χ0v) is 21.1. The fourth-order valence-corrected chi connectivity index (χ4v) is 4.59. The first-order valence-corrected chi connectivity index (χ1v) is 12.9. The first kappa shape index (κ1) is 25.5. The molecule has 1 aliphatic heterocycles. The van der Waals surface area contributed by atoms with Crippen LogP contribution in [0.15, 0.2) is 91.0 Å². The first-order chi connectivity index (χ1) is 17.6. The maximum absolute atomic E-state index is 12.9. The quantitative estimate of drug-likeness (QED) is 0.340. The number of halogens is 1. The van der Waals surface area contributed by atoms with Gasteiger partial charge in [0.05, 0.1) is 0 Å². The Kier molecular flexibility index (Phi) is 9.17. The summed E-state index contributed by atoms with van der Waals surface area (Å²) in [5, 5.41) is 6.60. The molecule has 1 unspecified atom stereocenters. The molecule has 36 heavy (non-hydrogen) atoms. The largest absolute Gasteiger partial charge is 0.343 e. The Labute approximate surface area is 218 Å². The predicted molar refractivity (Wildman–Crippen MR) is 147 cm³/mol. The molecule has 0 bridgehead atoms. The number of likely N-dealkylation sites (tertiary alicyclic amines) is 1. The van der Waals surface area contributed by atoms with Crippen molar-refractivity contribution in [1.82, 2.24) is 10.2 Å². The number of urea groups is 1. The number of anilines is 1. The number of hydrogen-bond donors (Lipinski definition) is 2. The minimum absolute atomic E-state index is 0.201. The summed E-state index contributed by atoms with van der Waals surface area (Å²) in [7, 11) is 0. The first-order valence-electron chi connectivity index (χ1n) is 12.5. The van der Waals surface area contributed by atoms with Crippen LogP contribution in [-0.2, 0) is 4.79 Å². The van der Waals surface area contributed by atoms with E-state index in [0.717, 1.165) is 42.6 Å². The number of carbonyl (C=O) groups is 2. The van der Waals surface area contributed by atoms with Crippen molar-refractivity contribution < 1.29 is 9.59 Å². The van der Waals surface area contributed by atoms with Gasteiger partial charge in [-0.05, 0) is 66.6 Å². The molecule has 1 atom stereocenters. The zero-order valence-electron chi connectivity index (χ0n) is 20.3. The number of amides is 3. The minimum atomic E-state index is -0.301. The Bertz CT molecular complexity index is 1120. The van der Waals surface area contributed by atoms with E-state index in [1.807, 2.05) is 41.3 Å². The van der Waals surface area contributed by atoms with Crippen LogP contribution < -0.4 is 10.6 Å². The van der Waals surface area contributed by atoms with Gasteiger partial charge < -0.3 is 15.5 Å². The third kappa shape index (κ3) is 7.46. The predicted octanol–water partition coefficient (Wildman–Crippen LogP) is 6.75. The summed E-state index contributed by atoms with van der Waals surface area (Å²) in [5.41, 5.74) is 3.84. The average molecular weight is 502 g/mol. The van der Waals surface area contributed by atoms with E-state index < -0.39 is 0 Å². The highest BCUT2D eigenvalue weighted by Crippen LogP contribution is 2.25. The van der Waals surface area contributed by atoms with Gasteiger partial charge >= 0.3 is 6.03 Å². The summed E-state index contributed by atoms with van der Waals surface area (Å²) in [5.74, 6) is 0.201. The Morgan fingerprint density at radius 2 is 1.44 bits per heavy atom. The summed E-state index contributed by atoms with van der Waals surface area (Å²) in [6.07, 6.45) is 6.09. The van der Waals surface area contributed by atoms with Crippen molar-refractivity contribution in [3.8, 4) is 0 Å². The van der Waals surface area contributed by atoms with Crippen LogP contribution in [0, 0.1) is 0 Å². The molecular formula is C30H32ClN3O2. The van der Waals surface area contributed by atoms with E-state index in [9.17, 15) is 9.59 Å². The van der Waals surface area contributed by atoms with E-state index in [4.69, 9.17) is 11.6 Å². The number of rotatable bonds is 9. The van der Waals surface area contributed by atoms with Gasteiger partial charge in [-0.15, -0.1) is 0 Å². The molecule has 1 saturated heterocycles. The van der Waals surface area contributed by atoms with E-state index in [1.165, 1.54) is 0 Å². The molecule has 5 nitrogen and oxygen atoms in total. The molecule has 0 saturated carbocycles. The Balaban J connectivity index is 1.53. The van der Waals surface area contributed by atoms with Crippen molar-refractivity contribution in [2.75, 3.05) is 18.4 Å². The van der Waals surface area contributed by atoms with Crippen LogP contribution in [0.5, 0.6) is 0 Å². The molecule has 3 amide bonds. The number of nitrogens with one attached hydrogen (secondary N) is 2. The number of benzene rings is 3. The molecule has 1 heterocycles. The lowest BCUT2D eigenvalue weighted by molar-refractivity contribution is -0.130. The summed E-state index contributed by atoms with van der Waals surface area (Å²) >= 11 is 5.97. The maximum atomic E-state index is 12.9. The van der Waals surface area contributed by atoms with Gasteiger partial charge in [0, 0.05) is 36.3 Å². The second-order valence-corrected chi connectivity index (χ2v) is 9.44. The molecule has 4 rings (SSSR count). The topological polar surface area (TPSA) is 61.4 Å². The van der Waals surface area contributed by atoms with Crippen LogP contribution in [-0.4, -0.2) is 36.0 Å². The molecule has 0 radical (unpaired) electrons. The maximum Gasteiger partial charge on any atom is 0.319 e. The van der Waals surface area contributed by atoms with Crippen molar-refractivity contribution in [1.29, 1.82) is 0 Å². The van der Waals surface area contributed by atoms with Gasteiger partial charge in [-0.3, -0.25) is 4.79 Å². The smallest absolute Gasteiger partial charge is 0.319 e. The van der Waals surface area contributed by atoms with Crippen molar-refractivity contribution in [3.63, 3.8) is 0 Å². The third-order valence-electron chi connectivity index (χ3n) is 6.32. The standard InChI is InChI=1S/C30H32ClN3O2/c31-25-16-18-26(19-17-25)32-30(36)33-27(14-9-15-29(35)34-20-7-8-21-34)22-28(23-10-3-1-4-11-23)24-12-5-2-6-13-24/h1-6,10-13,16-19,22,27H,7-9,14-15,20-21H2,(H2,32,33,36). The molecule has 0 aliphatic carbocycles. The fraction of sp³-hybridized carbons (Fsp3) is 0.267. The molecule has 3 aromatic carbocycles. The van der Waals surface area contributed by atoms with Crippen LogP contribution in [0.1, 0.15) is 43.2 Å². The Morgan fingerprint density at radius 3 is 2.03 bits per heavy atom. The van der Waals surface area contributed by atoms with Gasteiger partial charge in [0.2, 0.25) is 5.91 Å². The summed E-state index contributed by atoms with van der Waals surface area (Å²) in [6.45, 7) is 1.71. The second-order valence-electron chi connectivity index (χ2n) is 9.00. The van der Waals surface area contributed by atoms with Crippen molar-refractivity contribution in [2.24, 2.45) is 0 Å².